The number of nitrogens with one attached hydrogen (secondary N) is 1. The van der Waals surface area contributed by atoms with Crippen LogP contribution in [0.5, 0.6) is 0 Å². The van der Waals surface area contributed by atoms with Crippen molar-refractivity contribution in [2.45, 2.75) is 44.4 Å². The lowest BCUT2D eigenvalue weighted by Gasteiger charge is -2.31. The molecule has 2 heteroatoms. The summed E-state index contributed by atoms with van der Waals surface area (Å²) in [7, 11) is 0. The van der Waals surface area contributed by atoms with Crippen LogP contribution in [-0.4, -0.2) is 10.7 Å². The summed E-state index contributed by atoms with van der Waals surface area (Å²) in [6.45, 7) is 2.87. The molecule has 0 bridgehead atoms. The van der Waals surface area contributed by atoms with Gasteiger partial charge in [-0.15, -0.1) is 0 Å². The lowest BCUT2D eigenvalue weighted by molar-refractivity contribution is 0.00858. The zero-order chi connectivity index (χ0) is 11.2. The summed E-state index contributed by atoms with van der Waals surface area (Å²) in [6, 6.07) is 8.53. The van der Waals surface area contributed by atoms with Crippen LogP contribution in [-0.2, 0) is 6.54 Å². The SMILES string of the molecule is CC(O)(CC1CC1)C1NCc2ccccc21. The highest BCUT2D eigenvalue weighted by molar-refractivity contribution is 5.35. The number of rotatable bonds is 3. The van der Waals surface area contributed by atoms with Crippen molar-refractivity contribution in [3.63, 3.8) is 0 Å². The summed E-state index contributed by atoms with van der Waals surface area (Å²) in [6.07, 6.45) is 3.52. The molecule has 16 heavy (non-hydrogen) atoms. The summed E-state index contributed by atoms with van der Waals surface area (Å²) in [5.74, 6) is 0.754. The van der Waals surface area contributed by atoms with Gasteiger partial charge in [-0.1, -0.05) is 37.1 Å². The van der Waals surface area contributed by atoms with E-state index >= 15 is 0 Å². The van der Waals surface area contributed by atoms with Gasteiger partial charge in [-0.05, 0) is 30.4 Å². The van der Waals surface area contributed by atoms with Crippen molar-refractivity contribution >= 4 is 0 Å². The van der Waals surface area contributed by atoms with Crippen molar-refractivity contribution in [2.24, 2.45) is 5.92 Å². The van der Waals surface area contributed by atoms with Crippen LogP contribution in [0.25, 0.3) is 0 Å². The van der Waals surface area contributed by atoms with Crippen LogP contribution in [0.15, 0.2) is 24.3 Å². The summed E-state index contributed by atoms with van der Waals surface area (Å²) < 4.78 is 0. The Labute approximate surface area is 96.7 Å². The predicted octanol–water partition coefficient (Wildman–Crippen LogP) is 2.38. The molecule has 2 atom stereocenters. The van der Waals surface area contributed by atoms with E-state index < -0.39 is 5.60 Å². The minimum Gasteiger partial charge on any atom is -0.388 e. The summed E-state index contributed by atoms with van der Waals surface area (Å²) >= 11 is 0. The molecule has 2 N–H and O–H groups in total. The standard InChI is InChI=1S/C14H19NO/c1-14(16,8-10-6-7-10)13-12-5-3-2-4-11(12)9-15-13/h2-5,10,13,15-16H,6-9H2,1H3. The first kappa shape index (κ1) is 10.3. The van der Waals surface area contributed by atoms with E-state index in [9.17, 15) is 5.11 Å². The van der Waals surface area contributed by atoms with Gasteiger partial charge in [-0.2, -0.15) is 0 Å². The zero-order valence-electron chi connectivity index (χ0n) is 9.74. The maximum atomic E-state index is 10.6. The van der Waals surface area contributed by atoms with E-state index in [4.69, 9.17) is 0 Å². The average molecular weight is 217 g/mol. The second-order valence-electron chi connectivity index (χ2n) is 5.52. The number of hydrogen-bond donors (Lipinski definition) is 2. The van der Waals surface area contributed by atoms with E-state index in [0.29, 0.717) is 0 Å². The molecule has 1 aliphatic heterocycles. The highest BCUT2D eigenvalue weighted by atomic mass is 16.3. The molecule has 0 aromatic heterocycles. The molecule has 1 heterocycles. The maximum absolute atomic E-state index is 10.6. The third kappa shape index (κ3) is 1.76. The van der Waals surface area contributed by atoms with E-state index in [0.717, 1.165) is 18.9 Å². The van der Waals surface area contributed by atoms with Crippen LogP contribution in [0.1, 0.15) is 43.4 Å². The zero-order valence-corrected chi connectivity index (χ0v) is 9.74. The molecule has 0 saturated heterocycles. The Bertz CT molecular complexity index is 395. The molecule has 86 valence electrons. The van der Waals surface area contributed by atoms with E-state index in [1.54, 1.807) is 0 Å². The van der Waals surface area contributed by atoms with Crippen LogP contribution in [0.2, 0.25) is 0 Å². The molecular formula is C14H19NO. The molecule has 2 aliphatic rings. The molecule has 0 amide bonds. The van der Waals surface area contributed by atoms with Crippen LogP contribution < -0.4 is 5.32 Å². The Kier molecular flexibility index (Phi) is 2.30. The largest absolute Gasteiger partial charge is 0.388 e. The van der Waals surface area contributed by atoms with Gasteiger partial charge < -0.3 is 10.4 Å². The molecule has 3 rings (SSSR count). The van der Waals surface area contributed by atoms with Gasteiger partial charge >= 0.3 is 0 Å². The quantitative estimate of drug-likeness (QED) is 0.814. The average Bonchev–Trinajstić information content (AvgIpc) is 2.94. The molecule has 0 radical (unpaired) electrons. The first-order chi connectivity index (χ1) is 7.67. The third-order valence-corrected chi connectivity index (χ3v) is 3.88. The van der Waals surface area contributed by atoms with Crippen molar-refractivity contribution in [1.29, 1.82) is 0 Å². The number of hydrogen-bond acceptors (Lipinski definition) is 2. The minimum atomic E-state index is -0.603. The second-order valence-corrected chi connectivity index (χ2v) is 5.52. The van der Waals surface area contributed by atoms with E-state index in [1.807, 2.05) is 6.92 Å². The molecule has 1 aliphatic carbocycles. The van der Waals surface area contributed by atoms with E-state index in [2.05, 4.69) is 29.6 Å². The van der Waals surface area contributed by atoms with Crippen molar-refractivity contribution in [1.82, 2.24) is 5.32 Å². The first-order valence-electron chi connectivity index (χ1n) is 6.20. The Balaban J connectivity index is 1.85. The van der Waals surface area contributed by atoms with Crippen LogP contribution in [0.4, 0.5) is 0 Å². The van der Waals surface area contributed by atoms with Gasteiger partial charge in [-0.3, -0.25) is 0 Å². The van der Waals surface area contributed by atoms with Crippen LogP contribution >= 0.6 is 0 Å². The maximum Gasteiger partial charge on any atom is 0.0816 e. The Morgan fingerprint density at radius 3 is 2.88 bits per heavy atom. The number of fused-ring (bicyclic) bond motifs is 1. The normalized spacial score (nSPS) is 27.5. The third-order valence-electron chi connectivity index (χ3n) is 3.88. The molecule has 1 saturated carbocycles. The predicted molar refractivity (Wildman–Crippen MR) is 64.0 cm³/mol. The molecule has 1 aromatic rings. The second kappa shape index (κ2) is 3.57. The summed E-state index contributed by atoms with van der Waals surface area (Å²) in [5, 5.41) is 14.1. The Morgan fingerprint density at radius 1 is 1.38 bits per heavy atom. The molecule has 2 nitrogen and oxygen atoms in total. The Morgan fingerprint density at radius 2 is 2.12 bits per heavy atom. The van der Waals surface area contributed by atoms with Crippen molar-refractivity contribution < 1.29 is 5.11 Å². The van der Waals surface area contributed by atoms with Gasteiger partial charge in [0.25, 0.3) is 0 Å². The van der Waals surface area contributed by atoms with Crippen LogP contribution in [0, 0.1) is 5.92 Å². The highest BCUT2D eigenvalue weighted by Gasteiger charge is 2.40. The highest BCUT2D eigenvalue weighted by Crippen LogP contribution is 2.43. The van der Waals surface area contributed by atoms with Gasteiger partial charge in [0.1, 0.15) is 0 Å². The monoisotopic (exact) mass is 217 g/mol. The van der Waals surface area contributed by atoms with Crippen LogP contribution in [0.3, 0.4) is 0 Å². The fourth-order valence-corrected chi connectivity index (χ4v) is 2.88. The van der Waals surface area contributed by atoms with E-state index in [-0.39, 0.29) is 6.04 Å². The molecule has 1 fully saturated rings. The van der Waals surface area contributed by atoms with Gasteiger partial charge in [0.2, 0.25) is 0 Å². The summed E-state index contributed by atoms with van der Waals surface area (Å²) in [5.41, 5.74) is 2.02. The number of benzene rings is 1. The van der Waals surface area contributed by atoms with Crippen molar-refractivity contribution in [3.8, 4) is 0 Å². The smallest absolute Gasteiger partial charge is 0.0816 e. The minimum absolute atomic E-state index is 0.115. The van der Waals surface area contributed by atoms with Gasteiger partial charge in [0.15, 0.2) is 0 Å². The van der Waals surface area contributed by atoms with Gasteiger partial charge in [0.05, 0.1) is 11.6 Å². The fraction of sp³-hybridized carbons (Fsp3) is 0.571. The molecular weight excluding hydrogens is 198 g/mol. The molecule has 2 unspecified atom stereocenters. The van der Waals surface area contributed by atoms with Gasteiger partial charge in [-0.25, -0.2) is 0 Å². The topological polar surface area (TPSA) is 32.3 Å². The van der Waals surface area contributed by atoms with Gasteiger partial charge in [0, 0.05) is 6.54 Å². The first-order valence-corrected chi connectivity index (χ1v) is 6.20. The lowest BCUT2D eigenvalue weighted by atomic mass is 9.86. The Hall–Kier alpha value is -0.860. The summed E-state index contributed by atoms with van der Waals surface area (Å²) in [4.78, 5) is 0. The van der Waals surface area contributed by atoms with Crippen molar-refractivity contribution in [2.75, 3.05) is 0 Å². The fourth-order valence-electron chi connectivity index (χ4n) is 2.88. The molecule has 1 aromatic carbocycles. The molecule has 0 spiro atoms. The number of aliphatic hydroxyl groups is 1. The lowest BCUT2D eigenvalue weighted by Crippen LogP contribution is -2.38. The van der Waals surface area contributed by atoms with E-state index in [1.165, 1.54) is 24.0 Å². The van der Waals surface area contributed by atoms with Crippen molar-refractivity contribution in [3.05, 3.63) is 35.4 Å².